The summed E-state index contributed by atoms with van der Waals surface area (Å²) in [5.74, 6) is -0.803. The summed E-state index contributed by atoms with van der Waals surface area (Å²) in [4.78, 5) is 11.8. The number of carboxylic acid groups (broad SMARTS) is 1. The molecule has 1 N–H and O–H groups in total. The van der Waals surface area contributed by atoms with Crippen molar-refractivity contribution >= 4 is 33.7 Å². The van der Waals surface area contributed by atoms with Crippen LogP contribution in [0.3, 0.4) is 0 Å². The molecule has 0 aliphatic heterocycles. The fourth-order valence-corrected chi connectivity index (χ4v) is 2.43. The monoisotopic (exact) mass is 274 g/mol. The number of benzene rings is 1. The zero-order valence-corrected chi connectivity index (χ0v) is 10.4. The Morgan fingerprint density at radius 2 is 2.14 bits per heavy atom. The van der Waals surface area contributed by atoms with Crippen molar-refractivity contribution in [2.45, 2.75) is 23.5 Å². The molecular weight excluding hydrogens is 264 g/mol. The molecule has 0 bridgehead atoms. The molecule has 0 saturated carbocycles. The van der Waals surface area contributed by atoms with Crippen LogP contribution in [0.5, 0.6) is 0 Å². The van der Waals surface area contributed by atoms with Crippen LogP contribution in [-0.4, -0.2) is 15.8 Å². The van der Waals surface area contributed by atoms with Crippen LogP contribution in [0.15, 0.2) is 33.6 Å². The second-order valence-electron chi connectivity index (χ2n) is 3.37. The number of halogens is 1. The third-order valence-electron chi connectivity index (χ3n) is 1.68. The molecule has 0 aliphatic carbocycles. The van der Waals surface area contributed by atoms with Gasteiger partial charge in [-0.2, -0.15) is 0 Å². The molecule has 76 valence electrons. The first-order valence-electron chi connectivity index (χ1n) is 4.10. The van der Waals surface area contributed by atoms with E-state index >= 15 is 0 Å². The summed E-state index contributed by atoms with van der Waals surface area (Å²) in [6.45, 7) is 3.39. The molecule has 0 spiro atoms. The Hall–Kier alpha value is -0.480. The first-order chi connectivity index (χ1) is 6.42. The van der Waals surface area contributed by atoms with Crippen LogP contribution in [0.1, 0.15) is 13.8 Å². The number of rotatable bonds is 3. The molecule has 0 atom stereocenters. The van der Waals surface area contributed by atoms with Crippen molar-refractivity contribution in [3.8, 4) is 0 Å². The Morgan fingerprint density at radius 1 is 1.50 bits per heavy atom. The number of hydrogen-bond donors (Lipinski definition) is 1. The molecule has 0 aromatic heterocycles. The molecule has 1 rings (SSSR count). The van der Waals surface area contributed by atoms with Crippen LogP contribution in [0.25, 0.3) is 0 Å². The highest BCUT2D eigenvalue weighted by atomic mass is 79.9. The molecule has 1 aromatic rings. The Labute approximate surface area is 95.8 Å². The largest absolute Gasteiger partial charge is 0.480 e. The molecular formula is C10H11BrO2S. The molecule has 1 aromatic carbocycles. The summed E-state index contributed by atoms with van der Waals surface area (Å²) in [5.41, 5.74) is 0. The fraction of sp³-hybridized carbons (Fsp3) is 0.300. The molecule has 0 heterocycles. The van der Waals surface area contributed by atoms with E-state index in [0.717, 1.165) is 9.37 Å². The topological polar surface area (TPSA) is 37.3 Å². The van der Waals surface area contributed by atoms with Crippen molar-refractivity contribution in [2.75, 3.05) is 0 Å². The average Bonchev–Trinajstić information content (AvgIpc) is 2.02. The number of hydrogen-bond acceptors (Lipinski definition) is 2. The van der Waals surface area contributed by atoms with Crippen LogP contribution >= 0.6 is 27.7 Å². The van der Waals surface area contributed by atoms with Crippen molar-refractivity contribution in [1.29, 1.82) is 0 Å². The second-order valence-corrected chi connectivity index (χ2v) is 5.99. The van der Waals surface area contributed by atoms with Gasteiger partial charge < -0.3 is 5.11 Å². The van der Waals surface area contributed by atoms with Crippen LogP contribution in [0.2, 0.25) is 0 Å². The molecule has 2 nitrogen and oxygen atoms in total. The predicted molar refractivity (Wildman–Crippen MR) is 61.7 cm³/mol. The van der Waals surface area contributed by atoms with Gasteiger partial charge in [0.2, 0.25) is 0 Å². The van der Waals surface area contributed by atoms with Crippen molar-refractivity contribution < 1.29 is 9.90 Å². The van der Waals surface area contributed by atoms with E-state index in [9.17, 15) is 4.79 Å². The Bertz CT molecular complexity index is 350. The summed E-state index contributed by atoms with van der Waals surface area (Å²) >= 11 is 4.68. The van der Waals surface area contributed by atoms with E-state index in [2.05, 4.69) is 15.9 Å². The highest BCUT2D eigenvalue weighted by Crippen LogP contribution is 2.33. The van der Waals surface area contributed by atoms with E-state index in [1.54, 1.807) is 13.8 Å². The van der Waals surface area contributed by atoms with Crippen molar-refractivity contribution in [1.82, 2.24) is 0 Å². The van der Waals surface area contributed by atoms with E-state index < -0.39 is 10.7 Å². The van der Waals surface area contributed by atoms with Crippen molar-refractivity contribution in [3.05, 3.63) is 28.7 Å². The van der Waals surface area contributed by atoms with E-state index in [4.69, 9.17) is 5.11 Å². The van der Waals surface area contributed by atoms with Gasteiger partial charge in [-0.05, 0) is 32.0 Å². The molecule has 0 fully saturated rings. The van der Waals surface area contributed by atoms with Gasteiger partial charge in [-0.25, -0.2) is 0 Å². The van der Waals surface area contributed by atoms with Gasteiger partial charge in [-0.15, -0.1) is 11.8 Å². The van der Waals surface area contributed by atoms with Gasteiger partial charge in [0.05, 0.1) is 0 Å². The predicted octanol–water partition coefficient (Wildman–Crippen LogP) is 3.40. The number of thioether (sulfide) groups is 1. The number of carboxylic acids is 1. The van der Waals surface area contributed by atoms with Crippen molar-refractivity contribution in [3.63, 3.8) is 0 Å². The van der Waals surface area contributed by atoms with Gasteiger partial charge in [0.25, 0.3) is 0 Å². The third-order valence-corrected chi connectivity index (χ3v) is 3.35. The summed E-state index contributed by atoms with van der Waals surface area (Å²) in [5, 5.41) is 8.94. The van der Waals surface area contributed by atoms with E-state index in [1.165, 1.54) is 11.8 Å². The first-order valence-corrected chi connectivity index (χ1v) is 5.71. The van der Waals surface area contributed by atoms with Crippen LogP contribution in [-0.2, 0) is 4.79 Å². The lowest BCUT2D eigenvalue weighted by Gasteiger charge is -2.18. The van der Waals surface area contributed by atoms with Gasteiger partial charge in [-0.1, -0.05) is 22.0 Å². The van der Waals surface area contributed by atoms with Crippen LogP contribution in [0, 0.1) is 0 Å². The SMILES string of the molecule is CC(C)(Sc1cccc(Br)c1)C(=O)O. The lowest BCUT2D eigenvalue weighted by atomic mass is 10.2. The molecule has 0 radical (unpaired) electrons. The van der Waals surface area contributed by atoms with Crippen LogP contribution in [0.4, 0.5) is 0 Å². The molecule has 0 saturated heterocycles. The average molecular weight is 275 g/mol. The van der Waals surface area contributed by atoms with E-state index in [-0.39, 0.29) is 0 Å². The van der Waals surface area contributed by atoms with E-state index in [0.29, 0.717) is 0 Å². The van der Waals surface area contributed by atoms with Crippen molar-refractivity contribution in [2.24, 2.45) is 0 Å². The lowest BCUT2D eigenvalue weighted by Crippen LogP contribution is -2.26. The number of aliphatic carboxylic acids is 1. The third kappa shape index (κ3) is 3.03. The summed E-state index contributed by atoms with van der Waals surface area (Å²) < 4.78 is 0.171. The minimum Gasteiger partial charge on any atom is -0.480 e. The smallest absolute Gasteiger partial charge is 0.319 e. The molecule has 0 amide bonds. The van der Waals surface area contributed by atoms with Gasteiger partial charge in [0.1, 0.15) is 4.75 Å². The number of carbonyl (C=O) groups is 1. The Kier molecular flexibility index (Phi) is 3.61. The highest BCUT2D eigenvalue weighted by molar-refractivity contribution is 9.10. The molecule has 14 heavy (non-hydrogen) atoms. The quantitative estimate of drug-likeness (QED) is 0.859. The minimum atomic E-state index is -0.803. The maximum absolute atomic E-state index is 10.9. The second kappa shape index (κ2) is 4.36. The first kappa shape index (κ1) is 11.6. The summed E-state index contributed by atoms with van der Waals surface area (Å²) in [7, 11) is 0. The Morgan fingerprint density at radius 3 is 2.64 bits per heavy atom. The van der Waals surface area contributed by atoms with E-state index in [1.807, 2.05) is 24.3 Å². The lowest BCUT2D eigenvalue weighted by molar-refractivity contribution is -0.138. The zero-order valence-electron chi connectivity index (χ0n) is 7.95. The Balaban J connectivity index is 2.83. The van der Waals surface area contributed by atoms with Gasteiger partial charge >= 0.3 is 5.97 Å². The zero-order chi connectivity index (χ0) is 10.8. The summed E-state index contributed by atoms with van der Waals surface area (Å²) in [6.07, 6.45) is 0. The highest BCUT2D eigenvalue weighted by Gasteiger charge is 2.28. The summed E-state index contributed by atoms with van der Waals surface area (Å²) in [6, 6.07) is 7.62. The van der Waals surface area contributed by atoms with Gasteiger partial charge in [0.15, 0.2) is 0 Å². The van der Waals surface area contributed by atoms with Gasteiger partial charge in [0, 0.05) is 9.37 Å². The maximum atomic E-state index is 10.9. The maximum Gasteiger partial charge on any atom is 0.319 e. The normalized spacial score (nSPS) is 11.4. The molecule has 0 unspecified atom stereocenters. The molecule has 4 heteroatoms. The van der Waals surface area contributed by atoms with Crippen LogP contribution < -0.4 is 0 Å². The fourth-order valence-electron chi connectivity index (χ4n) is 0.869. The minimum absolute atomic E-state index is 0.791. The molecule has 0 aliphatic rings. The standard InChI is InChI=1S/C10H11BrO2S/c1-10(2,9(12)13)14-8-5-3-4-7(11)6-8/h3-6H,1-2H3,(H,12,13). The van der Waals surface area contributed by atoms with Gasteiger partial charge in [-0.3, -0.25) is 4.79 Å².